The van der Waals surface area contributed by atoms with E-state index in [1.165, 1.54) is 0 Å². The van der Waals surface area contributed by atoms with Crippen molar-refractivity contribution in [2.24, 2.45) is 5.90 Å². The summed E-state index contributed by atoms with van der Waals surface area (Å²) >= 11 is 0. The van der Waals surface area contributed by atoms with Crippen molar-refractivity contribution >= 4 is 0 Å². The van der Waals surface area contributed by atoms with Crippen molar-refractivity contribution in [2.75, 3.05) is 6.61 Å². The molecule has 0 aromatic carbocycles. The summed E-state index contributed by atoms with van der Waals surface area (Å²) in [5.74, 6) is 4.76. The lowest BCUT2D eigenvalue weighted by molar-refractivity contribution is -0.113. The molecule has 4 nitrogen and oxygen atoms in total. The summed E-state index contributed by atoms with van der Waals surface area (Å²) in [7, 11) is 0. The summed E-state index contributed by atoms with van der Waals surface area (Å²) in [6.07, 6.45) is -0.315. The monoisotopic (exact) mass is 119 g/mol. The first-order chi connectivity index (χ1) is 3.83. The van der Waals surface area contributed by atoms with Crippen molar-refractivity contribution in [3.8, 4) is 0 Å². The normalized spacial score (nSPS) is 38.2. The molecule has 1 aliphatic heterocycles. The third kappa shape index (κ3) is 1.16. The molecule has 0 spiro atoms. The largest absolute Gasteiger partial charge is 0.391 e. The molecule has 3 N–H and O–H groups in total. The average Bonchev–Trinajstić information content (AvgIpc) is 2.14. The Hall–Kier alpha value is -0.160. The van der Waals surface area contributed by atoms with Gasteiger partial charge in [0.25, 0.3) is 0 Å². The van der Waals surface area contributed by atoms with Crippen molar-refractivity contribution in [1.29, 1.82) is 0 Å². The molecule has 1 rings (SSSR count). The van der Waals surface area contributed by atoms with Crippen LogP contribution in [-0.4, -0.2) is 24.1 Å². The van der Waals surface area contributed by atoms with Crippen molar-refractivity contribution in [1.82, 2.24) is 0 Å². The van der Waals surface area contributed by atoms with E-state index < -0.39 is 12.4 Å². The Morgan fingerprint density at radius 1 is 1.75 bits per heavy atom. The standard InChI is InChI=1S/C4H9NO3/c5-8-4-1-3(6)2-7-4/h3-4,6H,1-2,5H2. The van der Waals surface area contributed by atoms with Crippen LogP contribution in [0.3, 0.4) is 0 Å². The first-order valence-electron chi connectivity index (χ1n) is 2.48. The van der Waals surface area contributed by atoms with Gasteiger partial charge in [-0.3, -0.25) is 4.84 Å². The second-order valence-electron chi connectivity index (χ2n) is 1.79. The Morgan fingerprint density at radius 3 is 2.75 bits per heavy atom. The van der Waals surface area contributed by atoms with E-state index in [1.807, 2.05) is 0 Å². The summed E-state index contributed by atoms with van der Waals surface area (Å²) in [5.41, 5.74) is 0. The van der Waals surface area contributed by atoms with Crippen LogP contribution in [0.1, 0.15) is 6.42 Å². The van der Waals surface area contributed by atoms with Gasteiger partial charge in [0.2, 0.25) is 0 Å². The average molecular weight is 119 g/mol. The lowest BCUT2D eigenvalue weighted by Gasteiger charge is -2.01. The number of aliphatic hydroxyl groups excluding tert-OH is 1. The third-order valence-electron chi connectivity index (χ3n) is 1.09. The smallest absolute Gasteiger partial charge is 0.179 e. The molecule has 0 aliphatic carbocycles. The van der Waals surface area contributed by atoms with Gasteiger partial charge in [-0.25, -0.2) is 5.90 Å². The molecule has 1 fully saturated rings. The third-order valence-corrected chi connectivity index (χ3v) is 1.09. The zero-order chi connectivity index (χ0) is 5.98. The van der Waals surface area contributed by atoms with E-state index in [0.717, 1.165) is 0 Å². The molecule has 1 heterocycles. The molecular weight excluding hydrogens is 110 g/mol. The maximum atomic E-state index is 8.77. The van der Waals surface area contributed by atoms with Crippen LogP contribution < -0.4 is 5.90 Å². The number of aliphatic hydroxyl groups is 1. The van der Waals surface area contributed by atoms with Gasteiger partial charge in [-0.1, -0.05) is 0 Å². The molecule has 0 radical (unpaired) electrons. The Balaban J connectivity index is 2.22. The van der Waals surface area contributed by atoms with Gasteiger partial charge in [0.1, 0.15) is 0 Å². The van der Waals surface area contributed by atoms with Crippen LogP contribution in [0.5, 0.6) is 0 Å². The van der Waals surface area contributed by atoms with E-state index in [1.54, 1.807) is 0 Å². The minimum atomic E-state index is -0.399. The summed E-state index contributed by atoms with van der Waals surface area (Å²) in [6.45, 7) is 0.335. The van der Waals surface area contributed by atoms with Crippen molar-refractivity contribution < 1.29 is 14.7 Å². The second kappa shape index (κ2) is 2.41. The summed E-state index contributed by atoms with van der Waals surface area (Å²) in [4.78, 5) is 4.30. The van der Waals surface area contributed by atoms with Gasteiger partial charge in [0, 0.05) is 6.42 Å². The van der Waals surface area contributed by atoms with E-state index in [2.05, 4.69) is 4.84 Å². The highest BCUT2D eigenvalue weighted by molar-refractivity contribution is 4.63. The molecule has 0 bridgehead atoms. The lowest BCUT2D eigenvalue weighted by Crippen LogP contribution is -2.15. The van der Waals surface area contributed by atoms with Crippen molar-refractivity contribution in [2.45, 2.75) is 18.8 Å². The topological polar surface area (TPSA) is 64.7 Å². The van der Waals surface area contributed by atoms with Crippen LogP contribution in [0.15, 0.2) is 0 Å². The fourth-order valence-electron chi connectivity index (χ4n) is 0.671. The van der Waals surface area contributed by atoms with Crippen LogP contribution in [-0.2, 0) is 9.57 Å². The van der Waals surface area contributed by atoms with Crippen molar-refractivity contribution in [3.63, 3.8) is 0 Å². The molecule has 0 aromatic heterocycles. The van der Waals surface area contributed by atoms with Crippen LogP contribution in [0.25, 0.3) is 0 Å². The minimum Gasteiger partial charge on any atom is -0.391 e. The molecule has 48 valence electrons. The number of nitrogens with two attached hydrogens (primary N) is 1. The van der Waals surface area contributed by atoms with Gasteiger partial charge >= 0.3 is 0 Å². The molecule has 4 heteroatoms. The Bertz CT molecular complexity index is 77.7. The Labute approximate surface area is 47.1 Å². The van der Waals surface area contributed by atoms with E-state index in [0.29, 0.717) is 13.0 Å². The van der Waals surface area contributed by atoms with Gasteiger partial charge in [0.05, 0.1) is 12.7 Å². The number of hydrogen-bond acceptors (Lipinski definition) is 4. The molecule has 1 aliphatic rings. The molecule has 1 saturated heterocycles. The zero-order valence-corrected chi connectivity index (χ0v) is 4.41. The van der Waals surface area contributed by atoms with E-state index in [-0.39, 0.29) is 0 Å². The highest BCUT2D eigenvalue weighted by Gasteiger charge is 2.22. The second-order valence-corrected chi connectivity index (χ2v) is 1.79. The maximum absolute atomic E-state index is 8.77. The highest BCUT2D eigenvalue weighted by Crippen LogP contribution is 2.11. The van der Waals surface area contributed by atoms with Gasteiger partial charge in [-0.05, 0) is 0 Å². The zero-order valence-electron chi connectivity index (χ0n) is 4.41. The Kier molecular flexibility index (Phi) is 1.80. The van der Waals surface area contributed by atoms with Gasteiger partial charge in [0.15, 0.2) is 6.29 Å². The van der Waals surface area contributed by atoms with Crippen LogP contribution in [0.2, 0.25) is 0 Å². The predicted octanol–water partition coefficient (Wildman–Crippen LogP) is -1.02. The van der Waals surface area contributed by atoms with Crippen molar-refractivity contribution in [3.05, 3.63) is 0 Å². The van der Waals surface area contributed by atoms with Crippen LogP contribution >= 0.6 is 0 Å². The molecular formula is C4H9NO3. The van der Waals surface area contributed by atoms with Gasteiger partial charge in [-0.15, -0.1) is 0 Å². The summed E-state index contributed by atoms with van der Waals surface area (Å²) in [6, 6.07) is 0. The Morgan fingerprint density at radius 2 is 2.50 bits per heavy atom. The number of ether oxygens (including phenoxy) is 1. The number of hydrogen-bond donors (Lipinski definition) is 2. The quantitative estimate of drug-likeness (QED) is 0.434. The molecule has 0 aromatic rings. The van der Waals surface area contributed by atoms with Crippen LogP contribution in [0, 0.1) is 0 Å². The minimum absolute atomic E-state index is 0.335. The highest BCUT2D eigenvalue weighted by atomic mass is 16.8. The SMILES string of the molecule is NOC1CC(O)CO1. The van der Waals surface area contributed by atoms with E-state index in [4.69, 9.17) is 15.7 Å². The molecule has 8 heavy (non-hydrogen) atoms. The molecule has 0 saturated carbocycles. The fourth-order valence-corrected chi connectivity index (χ4v) is 0.671. The van der Waals surface area contributed by atoms with E-state index >= 15 is 0 Å². The first kappa shape index (κ1) is 5.97. The number of rotatable bonds is 1. The van der Waals surface area contributed by atoms with Gasteiger partial charge in [-0.2, -0.15) is 0 Å². The summed E-state index contributed by atoms with van der Waals surface area (Å²) in [5, 5.41) is 8.77. The predicted molar refractivity (Wildman–Crippen MR) is 25.6 cm³/mol. The maximum Gasteiger partial charge on any atom is 0.179 e. The molecule has 2 atom stereocenters. The van der Waals surface area contributed by atoms with Crippen LogP contribution in [0.4, 0.5) is 0 Å². The fraction of sp³-hybridized carbons (Fsp3) is 1.00. The molecule has 0 amide bonds. The summed E-state index contributed by atoms with van der Waals surface area (Å²) < 4.78 is 4.82. The molecule has 2 unspecified atom stereocenters. The van der Waals surface area contributed by atoms with Gasteiger partial charge < -0.3 is 9.84 Å². The lowest BCUT2D eigenvalue weighted by atomic mass is 10.3. The first-order valence-corrected chi connectivity index (χ1v) is 2.48. The van der Waals surface area contributed by atoms with E-state index in [9.17, 15) is 0 Å².